The van der Waals surface area contributed by atoms with Gasteiger partial charge in [0, 0.05) is 38.8 Å². The SMILES string of the molecule is CC(=O)N1CCN(C(=O)C(=O)Nc2c(C)cccc2C(C)C)CC1. The van der Waals surface area contributed by atoms with E-state index in [0.29, 0.717) is 31.9 Å². The number of piperazine rings is 1. The predicted molar refractivity (Wildman–Crippen MR) is 92.7 cm³/mol. The molecule has 0 spiro atoms. The van der Waals surface area contributed by atoms with Crippen molar-refractivity contribution < 1.29 is 14.4 Å². The summed E-state index contributed by atoms with van der Waals surface area (Å²) in [7, 11) is 0. The second-order valence-corrected chi connectivity index (χ2v) is 6.45. The molecule has 0 saturated carbocycles. The van der Waals surface area contributed by atoms with Crippen molar-refractivity contribution in [2.45, 2.75) is 33.6 Å². The van der Waals surface area contributed by atoms with Gasteiger partial charge >= 0.3 is 11.8 Å². The fourth-order valence-corrected chi connectivity index (χ4v) is 2.88. The maximum absolute atomic E-state index is 12.4. The molecule has 0 atom stereocenters. The van der Waals surface area contributed by atoms with E-state index in [-0.39, 0.29) is 11.8 Å². The van der Waals surface area contributed by atoms with Crippen LogP contribution < -0.4 is 5.32 Å². The van der Waals surface area contributed by atoms with Gasteiger partial charge < -0.3 is 15.1 Å². The molecule has 0 unspecified atom stereocenters. The van der Waals surface area contributed by atoms with Crippen LogP contribution >= 0.6 is 0 Å². The fraction of sp³-hybridized carbons (Fsp3) is 0.500. The monoisotopic (exact) mass is 331 g/mol. The van der Waals surface area contributed by atoms with Crippen LogP contribution in [0.15, 0.2) is 18.2 Å². The van der Waals surface area contributed by atoms with E-state index in [0.717, 1.165) is 11.1 Å². The standard InChI is InChI=1S/C18H25N3O3/c1-12(2)15-7-5-6-13(3)16(15)19-17(23)18(24)21-10-8-20(9-11-21)14(4)22/h5-7,12H,8-11H2,1-4H3,(H,19,23). The normalized spacial score (nSPS) is 14.7. The Hall–Kier alpha value is -2.37. The number of hydrogen-bond acceptors (Lipinski definition) is 3. The summed E-state index contributed by atoms with van der Waals surface area (Å²) in [6, 6.07) is 5.82. The van der Waals surface area contributed by atoms with Gasteiger partial charge in [-0.25, -0.2) is 0 Å². The van der Waals surface area contributed by atoms with Crippen LogP contribution in [0.1, 0.15) is 37.8 Å². The third-order valence-corrected chi connectivity index (χ3v) is 4.37. The van der Waals surface area contributed by atoms with E-state index < -0.39 is 11.8 Å². The highest BCUT2D eigenvalue weighted by molar-refractivity contribution is 6.39. The number of carbonyl (C=O) groups excluding carboxylic acids is 3. The highest BCUT2D eigenvalue weighted by Crippen LogP contribution is 2.27. The van der Waals surface area contributed by atoms with Gasteiger partial charge in [-0.05, 0) is 24.0 Å². The summed E-state index contributed by atoms with van der Waals surface area (Å²) in [6.07, 6.45) is 0. The highest BCUT2D eigenvalue weighted by Gasteiger charge is 2.27. The van der Waals surface area contributed by atoms with Crippen molar-refractivity contribution in [3.05, 3.63) is 29.3 Å². The van der Waals surface area contributed by atoms with Crippen LogP contribution in [0.4, 0.5) is 5.69 Å². The van der Waals surface area contributed by atoms with Gasteiger partial charge in [-0.15, -0.1) is 0 Å². The third kappa shape index (κ3) is 3.93. The van der Waals surface area contributed by atoms with Gasteiger partial charge in [-0.2, -0.15) is 0 Å². The quantitative estimate of drug-likeness (QED) is 0.839. The Morgan fingerprint density at radius 3 is 2.17 bits per heavy atom. The molecule has 2 rings (SSSR count). The second kappa shape index (κ2) is 7.47. The minimum Gasteiger partial charge on any atom is -0.339 e. The van der Waals surface area contributed by atoms with E-state index in [4.69, 9.17) is 0 Å². The van der Waals surface area contributed by atoms with Crippen molar-refractivity contribution in [2.75, 3.05) is 31.5 Å². The van der Waals surface area contributed by atoms with Crippen molar-refractivity contribution in [1.29, 1.82) is 0 Å². The first-order chi connectivity index (χ1) is 11.3. The summed E-state index contributed by atoms with van der Waals surface area (Å²) in [4.78, 5) is 39.3. The minimum absolute atomic E-state index is 0.00645. The number of hydrogen-bond donors (Lipinski definition) is 1. The summed E-state index contributed by atoms with van der Waals surface area (Å²) in [5, 5.41) is 2.78. The number of para-hydroxylation sites is 1. The van der Waals surface area contributed by atoms with E-state index in [9.17, 15) is 14.4 Å². The Morgan fingerprint density at radius 2 is 1.62 bits per heavy atom. The van der Waals surface area contributed by atoms with Crippen LogP contribution in [0.2, 0.25) is 0 Å². The van der Waals surface area contributed by atoms with Crippen molar-refractivity contribution in [1.82, 2.24) is 9.80 Å². The summed E-state index contributed by atoms with van der Waals surface area (Å²) in [5.74, 6) is -0.930. The molecule has 6 heteroatoms. The Kier molecular flexibility index (Phi) is 5.59. The molecule has 1 aliphatic rings. The van der Waals surface area contributed by atoms with Crippen LogP contribution in [0.25, 0.3) is 0 Å². The highest BCUT2D eigenvalue weighted by atomic mass is 16.2. The maximum atomic E-state index is 12.4. The van der Waals surface area contributed by atoms with E-state index in [1.54, 1.807) is 4.90 Å². The molecule has 1 N–H and O–H groups in total. The van der Waals surface area contributed by atoms with Crippen LogP contribution in [-0.2, 0) is 14.4 Å². The Balaban J connectivity index is 2.06. The molecule has 6 nitrogen and oxygen atoms in total. The molecule has 1 aromatic rings. The number of amides is 3. The average molecular weight is 331 g/mol. The average Bonchev–Trinajstić information content (AvgIpc) is 2.55. The van der Waals surface area contributed by atoms with Crippen LogP contribution in [0.3, 0.4) is 0 Å². The fourth-order valence-electron chi connectivity index (χ4n) is 2.88. The second-order valence-electron chi connectivity index (χ2n) is 6.45. The lowest BCUT2D eigenvalue weighted by Crippen LogP contribution is -2.52. The largest absolute Gasteiger partial charge is 0.339 e. The third-order valence-electron chi connectivity index (χ3n) is 4.37. The molecule has 24 heavy (non-hydrogen) atoms. The molecule has 1 aliphatic heterocycles. The number of benzene rings is 1. The molecule has 3 amide bonds. The van der Waals surface area contributed by atoms with Crippen LogP contribution in [0, 0.1) is 6.92 Å². The number of nitrogens with one attached hydrogen (secondary N) is 1. The lowest BCUT2D eigenvalue weighted by atomic mass is 9.98. The molecule has 1 aromatic carbocycles. The maximum Gasteiger partial charge on any atom is 0.313 e. The molecular weight excluding hydrogens is 306 g/mol. The van der Waals surface area contributed by atoms with E-state index in [1.165, 1.54) is 11.8 Å². The van der Waals surface area contributed by atoms with Crippen LogP contribution in [0.5, 0.6) is 0 Å². The van der Waals surface area contributed by atoms with Gasteiger partial charge in [0.1, 0.15) is 0 Å². The Morgan fingerprint density at radius 1 is 1.04 bits per heavy atom. The van der Waals surface area contributed by atoms with E-state index >= 15 is 0 Å². The number of rotatable bonds is 2. The minimum atomic E-state index is -0.623. The van der Waals surface area contributed by atoms with E-state index in [1.807, 2.05) is 39.0 Å². The smallest absolute Gasteiger partial charge is 0.313 e. The zero-order valence-corrected chi connectivity index (χ0v) is 14.8. The van der Waals surface area contributed by atoms with Crippen LogP contribution in [-0.4, -0.2) is 53.7 Å². The first-order valence-electron chi connectivity index (χ1n) is 8.26. The van der Waals surface area contributed by atoms with Crippen molar-refractivity contribution in [3.8, 4) is 0 Å². The van der Waals surface area contributed by atoms with Crippen molar-refractivity contribution in [2.24, 2.45) is 0 Å². The summed E-state index contributed by atoms with van der Waals surface area (Å²) >= 11 is 0. The van der Waals surface area contributed by atoms with Crippen molar-refractivity contribution >= 4 is 23.4 Å². The Bertz CT molecular complexity index is 647. The number of aryl methyl sites for hydroxylation is 1. The van der Waals surface area contributed by atoms with Gasteiger partial charge in [0.15, 0.2) is 0 Å². The number of carbonyl (C=O) groups is 3. The molecule has 1 heterocycles. The molecule has 1 fully saturated rings. The van der Waals surface area contributed by atoms with Gasteiger partial charge in [0.25, 0.3) is 0 Å². The summed E-state index contributed by atoms with van der Waals surface area (Å²) in [6.45, 7) is 9.23. The molecular formula is C18H25N3O3. The van der Waals surface area contributed by atoms with Crippen molar-refractivity contribution in [3.63, 3.8) is 0 Å². The number of anilines is 1. The lowest BCUT2D eigenvalue weighted by Gasteiger charge is -2.33. The first kappa shape index (κ1) is 18.0. The van der Waals surface area contributed by atoms with Gasteiger partial charge in [-0.1, -0.05) is 32.0 Å². The Labute approximate surface area is 142 Å². The lowest BCUT2D eigenvalue weighted by molar-refractivity contribution is -0.145. The number of nitrogens with zero attached hydrogens (tertiary/aromatic N) is 2. The zero-order valence-electron chi connectivity index (χ0n) is 14.8. The molecule has 1 saturated heterocycles. The first-order valence-corrected chi connectivity index (χ1v) is 8.26. The molecule has 0 radical (unpaired) electrons. The summed E-state index contributed by atoms with van der Waals surface area (Å²) < 4.78 is 0. The molecule has 130 valence electrons. The molecule has 0 bridgehead atoms. The van der Waals surface area contributed by atoms with Gasteiger partial charge in [-0.3, -0.25) is 14.4 Å². The van der Waals surface area contributed by atoms with Gasteiger partial charge in [0.05, 0.1) is 0 Å². The molecule has 0 aromatic heterocycles. The molecule has 0 aliphatic carbocycles. The van der Waals surface area contributed by atoms with E-state index in [2.05, 4.69) is 5.32 Å². The summed E-state index contributed by atoms with van der Waals surface area (Å²) in [5.41, 5.74) is 2.66. The van der Waals surface area contributed by atoms with Gasteiger partial charge in [0.2, 0.25) is 5.91 Å². The predicted octanol–water partition coefficient (Wildman–Crippen LogP) is 1.75. The zero-order chi connectivity index (χ0) is 17.9. The topological polar surface area (TPSA) is 69.7 Å².